The average molecular weight is 218 g/mol. The largest absolute Gasteiger partial charge is 0.298 e. The molecule has 0 aromatic carbocycles. The number of carbonyl (C=O) groups excluding carboxylic acids is 1. The number of hydrogen-bond donors (Lipinski definition) is 0. The molecule has 0 radical (unpaired) electrons. The summed E-state index contributed by atoms with van der Waals surface area (Å²) in [4.78, 5) is 10.9. The molecule has 1 heteroatoms. The Labute approximate surface area is 98.6 Å². The Morgan fingerprint density at radius 3 is 2.81 bits per heavy atom. The normalized spacial score (nSPS) is 36.9. The van der Waals surface area contributed by atoms with Gasteiger partial charge in [0, 0.05) is 0 Å². The maximum absolute atomic E-state index is 10.9. The molecule has 0 aliphatic heterocycles. The van der Waals surface area contributed by atoms with E-state index in [9.17, 15) is 4.79 Å². The topological polar surface area (TPSA) is 17.1 Å². The molecular formula is C15H22O. The van der Waals surface area contributed by atoms with E-state index in [4.69, 9.17) is 0 Å². The van der Waals surface area contributed by atoms with Gasteiger partial charge in [-0.05, 0) is 54.9 Å². The summed E-state index contributed by atoms with van der Waals surface area (Å²) in [7, 11) is 0. The van der Waals surface area contributed by atoms with Crippen molar-refractivity contribution in [1.82, 2.24) is 0 Å². The summed E-state index contributed by atoms with van der Waals surface area (Å²) in [6.45, 7) is 8.94. The number of rotatable bonds is 1. The van der Waals surface area contributed by atoms with E-state index >= 15 is 0 Å². The third-order valence-corrected chi connectivity index (χ3v) is 4.53. The lowest BCUT2D eigenvalue weighted by Crippen LogP contribution is -2.44. The van der Waals surface area contributed by atoms with Crippen molar-refractivity contribution in [2.45, 2.75) is 46.0 Å². The molecule has 1 fully saturated rings. The molecule has 0 unspecified atom stereocenters. The molecular weight excluding hydrogens is 196 g/mol. The number of carbonyl (C=O) groups is 1. The maximum atomic E-state index is 10.9. The zero-order valence-corrected chi connectivity index (χ0v) is 10.5. The van der Waals surface area contributed by atoms with Gasteiger partial charge in [0.05, 0.1) is 0 Å². The van der Waals surface area contributed by atoms with Gasteiger partial charge in [-0.1, -0.05) is 32.1 Å². The van der Waals surface area contributed by atoms with E-state index in [1.807, 2.05) is 0 Å². The van der Waals surface area contributed by atoms with Gasteiger partial charge >= 0.3 is 0 Å². The molecule has 2 rings (SSSR count). The molecule has 88 valence electrons. The van der Waals surface area contributed by atoms with E-state index < -0.39 is 0 Å². The van der Waals surface area contributed by atoms with E-state index in [-0.39, 0.29) is 0 Å². The highest BCUT2D eigenvalue weighted by atomic mass is 16.1. The fraction of sp³-hybridized carbons (Fsp3) is 0.667. The van der Waals surface area contributed by atoms with Crippen LogP contribution in [0.4, 0.5) is 0 Å². The summed E-state index contributed by atoms with van der Waals surface area (Å²) in [5.41, 5.74) is 2.86. The first-order valence-electron chi connectivity index (χ1n) is 6.36. The Morgan fingerprint density at radius 2 is 2.19 bits per heavy atom. The van der Waals surface area contributed by atoms with Crippen molar-refractivity contribution in [3.63, 3.8) is 0 Å². The second kappa shape index (κ2) is 4.20. The molecule has 0 aromatic rings. The molecule has 2 aliphatic rings. The Kier molecular flexibility index (Phi) is 3.05. The number of fused-ring (bicyclic) bond motifs is 1. The highest BCUT2D eigenvalue weighted by Crippen LogP contribution is 2.56. The molecule has 0 amide bonds. The molecule has 0 saturated heterocycles. The third-order valence-electron chi connectivity index (χ3n) is 4.53. The standard InChI is InChI=1S/C15H22O/c1-11-5-4-6-12(10-16)7-8-14-13(11)9-15(14,2)3/h6,10,13-14H,1,4-5,7-9H2,2-3H3/b12-6-/t13-,14-/m1/s1. The van der Waals surface area contributed by atoms with Crippen LogP contribution in [-0.4, -0.2) is 6.29 Å². The Balaban J connectivity index is 2.13. The van der Waals surface area contributed by atoms with Gasteiger partial charge in [-0.2, -0.15) is 0 Å². The molecule has 0 N–H and O–H groups in total. The third kappa shape index (κ3) is 2.00. The summed E-state index contributed by atoms with van der Waals surface area (Å²) in [6, 6.07) is 0. The molecule has 0 bridgehead atoms. The van der Waals surface area contributed by atoms with Crippen LogP contribution in [0.15, 0.2) is 23.8 Å². The predicted octanol–water partition coefficient (Wildman–Crippen LogP) is 3.90. The average Bonchev–Trinajstić information content (AvgIpc) is 2.28. The molecule has 1 saturated carbocycles. The zero-order valence-electron chi connectivity index (χ0n) is 10.5. The second-order valence-corrected chi connectivity index (χ2v) is 6.04. The van der Waals surface area contributed by atoms with E-state index in [1.54, 1.807) is 0 Å². The van der Waals surface area contributed by atoms with Crippen LogP contribution in [0, 0.1) is 17.3 Å². The first-order valence-corrected chi connectivity index (χ1v) is 6.36. The van der Waals surface area contributed by atoms with Crippen molar-refractivity contribution in [2.24, 2.45) is 17.3 Å². The SMILES string of the molecule is C=C1CC/C=C(\C=O)CC[C@@H]2[C@@H]1CC2(C)C. The van der Waals surface area contributed by atoms with Crippen molar-refractivity contribution in [3.8, 4) is 0 Å². The summed E-state index contributed by atoms with van der Waals surface area (Å²) >= 11 is 0. The van der Waals surface area contributed by atoms with Crippen LogP contribution in [0.1, 0.15) is 46.0 Å². The van der Waals surface area contributed by atoms with E-state index in [0.29, 0.717) is 5.41 Å². The van der Waals surface area contributed by atoms with E-state index in [0.717, 1.165) is 49.4 Å². The van der Waals surface area contributed by atoms with Crippen LogP contribution < -0.4 is 0 Å². The molecule has 0 spiro atoms. The smallest absolute Gasteiger partial charge is 0.145 e. The van der Waals surface area contributed by atoms with E-state index in [1.165, 1.54) is 12.0 Å². The molecule has 2 aliphatic carbocycles. The Hall–Kier alpha value is -0.850. The number of hydrogen-bond acceptors (Lipinski definition) is 1. The van der Waals surface area contributed by atoms with Gasteiger partial charge in [-0.15, -0.1) is 0 Å². The first kappa shape index (κ1) is 11.6. The molecule has 1 nitrogen and oxygen atoms in total. The summed E-state index contributed by atoms with van der Waals surface area (Å²) in [5, 5.41) is 0. The zero-order chi connectivity index (χ0) is 11.8. The van der Waals surface area contributed by atoms with Gasteiger partial charge in [0.15, 0.2) is 0 Å². The molecule has 0 aromatic heterocycles. The lowest BCUT2D eigenvalue weighted by molar-refractivity contribution is -0.105. The lowest BCUT2D eigenvalue weighted by Gasteiger charge is -2.53. The minimum Gasteiger partial charge on any atom is -0.298 e. The molecule has 2 atom stereocenters. The minimum absolute atomic E-state index is 0.450. The highest BCUT2D eigenvalue weighted by Gasteiger charge is 2.47. The van der Waals surface area contributed by atoms with Gasteiger partial charge in [-0.25, -0.2) is 0 Å². The van der Waals surface area contributed by atoms with Gasteiger partial charge in [0.1, 0.15) is 6.29 Å². The first-order chi connectivity index (χ1) is 7.54. The second-order valence-electron chi connectivity index (χ2n) is 6.04. The lowest BCUT2D eigenvalue weighted by atomic mass is 9.52. The van der Waals surface area contributed by atoms with Gasteiger partial charge in [0.2, 0.25) is 0 Å². The summed E-state index contributed by atoms with van der Waals surface area (Å²) in [5.74, 6) is 1.45. The van der Waals surface area contributed by atoms with Crippen molar-refractivity contribution in [1.29, 1.82) is 0 Å². The van der Waals surface area contributed by atoms with Crippen molar-refractivity contribution < 1.29 is 4.79 Å². The Bertz CT molecular complexity index is 335. The summed E-state index contributed by atoms with van der Waals surface area (Å²) in [6.07, 6.45) is 8.60. The highest BCUT2D eigenvalue weighted by molar-refractivity contribution is 5.73. The van der Waals surface area contributed by atoms with Crippen LogP contribution in [-0.2, 0) is 4.79 Å². The van der Waals surface area contributed by atoms with Crippen LogP contribution >= 0.6 is 0 Å². The van der Waals surface area contributed by atoms with Crippen LogP contribution in [0.3, 0.4) is 0 Å². The van der Waals surface area contributed by atoms with Crippen molar-refractivity contribution >= 4 is 6.29 Å². The van der Waals surface area contributed by atoms with Crippen LogP contribution in [0.5, 0.6) is 0 Å². The Morgan fingerprint density at radius 1 is 1.44 bits per heavy atom. The molecule has 16 heavy (non-hydrogen) atoms. The minimum atomic E-state index is 0.450. The van der Waals surface area contributed by atoms with Crippen molar-refractivity contribution in [3.05, 3.63) is 23.8 Å². The monoisotopic (exact) mass is 218 g/mol. The maximum Gasteiger partial charge on any atom is 0.145 e. The van der Waals surface area contributed by atoms with Gasteiger partial charge in [0.25, 0.3) is 0 Å². The van der Waals surface area contributed by atoms with Gasteiger partial charge < -0.3 is 0 Å². The quantitative estimate of drug-likeness (QED) is 0.482. The predicted molar refractivity (Wildman–Crippen MR) is 67.1 cm³/mol. The van der Waals surface area contributed by atoms with Crippen LogP contribution in [0.25, 0.3) is 0 Å². The molecule has 0 heterocycles. The van der Waals surface area contributed by atoms with Crippen LogP contribution in [0.2, 0.25) is 0 Å². The number of allylic oxidation sites excluding steroid dienone is 3. The fourth-order valence-corrected chi connectivity index (χ4v) is 3.42. The number of aldehydes is 1. The summed E-state index contributed by atoms with van der Waals surface area (Å²) < 4.78 is 0. The van der Waals surface area contributed by atoms with Gasteiger partial charge in [-0.3, -0.25) is 4.79 Å². The van der Waals surface area contributed by atoms with Crippen molar-refractivity contribution in [2.75, 3.05) is 0 Å². The fourth-order valence-electron chi connectivity index (χ4n) is 3.42. The van der Waals surface area contributed by atoms with E-state index in [2.05, 4.69) is 26.5 Å².